The number of aromatic nitrogens is 2. The smallest absolute Gasteiger partial charge is 0.269 e. The maximum atomic E-state index is 12.6. The molecule has 3 heterocycles. The van der Waals surface area contributed by atoms with E-state index in [2.05, 4.69) is 9.88 Å². The zero-order chi connectivity index (χ0) is 19.7. The maximum Gasteiger partial charge on any atom is 0.269 e. The minimum atomic E-state index is -0.486. The second-order valence-corrected chi connectivity index (χ2v) is 7.39. The lowest BCUT2D eigenvalue weighted by Crippen LogP contribution is -2.48. The number of carbonyl (C=O) groups excluding carboxylic acids is 1. The van der Waals surface area contributed by atoms with Gasteiger partial charge in [-0.25, -0.2) is 4.98 Å². The topological polar surface area (TPSA) is 101 Å². The molecule has 0 N–H and O–H groups in total. The van der Waals surface area contributed by atoms with E-state index < -0.39 is 4.92 Å². The van der Waals surface area contributed by atoms with E-state index in [4.69, 9.17) is 0 Å². The van der Waals surface area contributed by atoms with Gasteiger partial charge in [0, 0.05) is 68.1 Å². The molecule has 10 heteroatoms. The Morgan fingerprint density at radius 3 is 2.57 bits per heavy atom. The van der Waals surface area contributed by atoms with Gasteiger partial charge in [0.25, 0.3) is 17.2 Å². The molecule has 1 aliphatic heterocycles. The fraction of sp³-hybridized carbons (Fsp3) is 0.278. The number of hydrogen-bond acceptors (Lipinski definition) is 7. The van der Waals surface area contributed by atoms with Gasteiger partial charge in [-0.3, -0.25) is 29.0 Å². The summed E-state index contributed by atoms with van der Waals surface area (Å²) in [5.41, 5.74) is 1.04. The summed E-state index contributed by atoms with van der Waals surface area (Å²) in [5.74, 6) is -0.133. The Morgan fingerprint density at radius 2 is 1.89 bits per heavy atom. The maximum absolute atomic E-state index is 12.6. The number of carbonyl (C=O) groups is 1. The van der Waals surface area contributed by atoms with Crippen LogP contribution in [0.15, 0.2) is 46.7 Å². The number of piperazine rings is 1. The van der Waals surface area contributed by atoms with Crippen molar-refractivity contribution in [2.45, 2.75) is 6.54 Å². The van der Waals surface area contributed by atoms with Crippen molar-refractivity contribution in [3.63, 3.8) is 0 Å². The van der Waals surface area contributed by atoms with Gasteiger partial charge in [0.15, 0.2) is 4.96 Å². The van der Waals surface area contributed by atoms with Crippen LogP contribution in [0.5, 0.6) is 0 Å². The van der Waals surface area contributed by atoms with Crippen molar-refractivity contribution < 1.29 is 9.72 Å². The van der Waals surface area contributed by atoms with Gasteiger partial charge in [-0.05, 0) is 12.1 Å². The van der Waals surface area contributed by atoms with Crippen LogP contribution in [0.2, 0.25) is 0 Å². The number of nitro groups is 1. The molecule has 1 aliphatic rings. The number of nitrogens with zero attached hydrogens (tertiary/aromatic N) is 5. The van der Waals surface area contributed by atoms with Crippen LogP contribution in [0.3, 0.4) is 0 Å². The highest BCUT2D eigenvalue weighted by Gasteiger charge is 2.23. The van der Waals surface area contributed by atoms with Gasteiger partial charge in [-0.15, -0.1) is 11.3 Å². The van der Waals surface area contributed by atoms with E-state index in [1.165, 1.54) is 40.0 Å². The quantitative estimate of drug-likeness (QED) is 0.488. The highest BCUT2D eigenvalue weighted by atomic mass is 32.1. The summed E-state index contributed by atoms with van der Waals surface area (Å²) in [6, 6.07) is 7.21. The molecule has 0 atom stereocenters. The molecule has 1 saturated heterocycles. The highest BCUT2D eigenvalue weighted by Crippen LogP contribution is 2.15. The molecule has 144 valence electrons. The minimum Gasteiger partial charge on any atom is -0.336 e. The van der Waals surface area contributed by atoms with E-state index in [-0.39, 0.29) is 17.2 Å². The molecular formula is C18H17N5O4S. The predicted molar refractivity (Wildman–Crippen MR) is 104 cm³/mol. The Hall–Kier alpha value is -3.11. The Balaban J connectivity index is 1.37. The summed E-state index contributed by atoms with van der Waals surface area (Å²) >= 11 is 1.42. The first kappa shape index (κ1) is 18.3. The molecule has 9 nitrogen and oxygen atoms in total. The molecule has 0 radical (unpaired) electrons. The van der Waals surface area contributed by atoms with Crippen molar-refractivity contribution in [1.82, 2.24) is 19.2 Å². The molecule has 1 aromatic carbocycles. The Kier molecular flexibility index (Phi) is 4.88. The number of non-ortho nitro benzene ring substituents is 1. The third kappa shape index (κ3) is 3.64. The first-order chi connectivity index (χ1) is 13.5. The zero-order valence-corrected chi connectivity index (χ0v) is 15.7. The molecule has 0 aliphatic carbocycles. The molecule has 28 heavy (non-hydrogen) atoms. The van der Waals surface area contributed by atoms with Crippen LogP contribution in [0.25, 0.3) is 4.96 Å². The summed E-state index contributed by atoms with van der Waals surface area (Å²) in [5, 5.41) is 12.6. The van der Waals surface area contributed by atoms with Gasteiger partial charge < -0.3 is 4.90 Å². The van der Waals surface area contributed by atoms with E-state index >= 15 is 0 Å². The fourth-order valence-corrected chi connectivity index (χ4v) is 3.95. The SMILES string of the molecule is O=C(c1ccc([N+](=O)[O-])cc1)N1CCN(Cc2cc(=O)n3ccsc3n2)CC1. The van der Waals surface area contributed by atoms with Gasteiger partial charge in [-0.2, -0.15) is 0 Å². The monoisotopic (exact) mass is 399 g/mol. The summed E-state index contributed by atoms with van der Waals surface area (Å²) in [7, 11) is 0. The normalized spacial score (nSPS) is 15.1. The number of rotatable bonds is 4. The molecule has 4 rings (SSSR count). The van der Waals surface area contributed by atoms with Crippen molar-refractivity contribution >= 4 is 27.9 Å². The lowest BCUT2D eigenvalue weighted by molar-refractivity contribution is -0.384. The first-order valence-electron chi connectivity index (χ1n) is 8.73. The standard InChI is InChI=1S/C18H17N5O4S/c24-16-11-14(19-18-22(16)9-10-28-18)12-20-5-7-21(8-6-20)17(25)13-1-3-15(4-2-13)23(26)27/h1-4,9-11H,5-8,12H2. The Bertz CT molecular complexity index is 1080. The van der Waals surface area contributed by atoms with Gasteiger partial charge in [-0.1, -0.05) is 0 Å². The van der Waals surface area contributed by atoms with Crippen molar-refractivity contribution in [2.24, 2.45) is 0 Å². The van der Waals surface area contributed by atoms with E-state index in [0.29, 0.717) is 43.2 Å². The van der Waals surface area contributed by atoms with Crippen LogP contribution in [0.1, 0.15) is 16.1 Å². The summed E-state index contributed by atoms with van der Waals surface area (Å²) < 4.78 is 1.52. The number of hydrogen-bond donors (Lipinski definition) is 0. The average molecular weight is 399 g/mol. The molecule has 0 spiro atoms. The van der Waals surface area contributed by atoms with E-state index in [1.54, 1.807) is 17.2 Å². The Morgan fingerprint density at radius 1 is 1.18 bits per heavy atom. The predicted octanol–water partition coefficient (Wildman–Crippen LogP) is 1.62. The number of nitro benzene ring substituents is 1. The average Bonchev–Trinajstić information content (AvgIpc) is 3.17. The van der Waals surface area contributed by atoms with Gasteiger partial charge in [0.2, 0.25) is 0 Å². The molecule has 1 amide bonds. The van der Waals surface area contributed by atoms with Gasteiger partial charge in [0.05, 0.1) is 10.6 Å². The van der Waals surface area contributed by atoms with E-state index in [0.717, 1.165) is 5.69 Å². The van der Waals surface area contributed by atoms with Crippen LogP contribution in [-0.4, -0.2) is 56.2 Å². The minimum absolute atomic E-state index is 0.0347. The van der Waals surface area contributed by atoms with Crippen molar-refractivity contribution in [1.29, 1.82) is 0 Å². The van der Waals surface area contributed by atoms with Gasteiger partial charge >= 0.3 is 0 Å². The molecular weight excluding hydrogens is 382 g/mol. The highest BCUT2D eigenvalue weighted by molar-refractivity contribution is 7.15. The molecule has 0 unspecified atom stereocenters. The van der Waals surface area contributed by atoms with Crippen molar-refractivity contribution in [3.05, 3.63) is 73.6 Å². The second-order valence-electron chi connectivity index (χ2n) is 6.51. The summed E-state index contributed by atoms with van der Waals surface area (Å²) in [6.45, 7) is 3.00. The molecule has 0 bridgehead atoms. The van der Waals surface area contributed by atoms with Crippen molar-refractivity contribution in [3.8, 4) is 0 Å². The Labute approximate surface area is 163 Å². The van der Waals surface area contributed by atoms with E-state index in [9.17, 15) is 19.7 Å². The molecule has 0 saturated carbocycles. The van der Waals surface area contributed by atoms with Crippen molar-refractivity contribution in [2.75, 3.05) is 26.2 Å². The number of amides is 1. The van der Waals surface area contributed by atoms with Crippen LogP contribution in [0.4, 0.5) is 5.69 Å². The zero-order valence-electron chi connectivity index (χ0n) is 14.9. The third-order valence-electron chi connectivity index (χ3n) is 4.73. The fourth-order valence-electron chi connectivity index (χ4n) is 3.22. The number of fused-ring (bicyclic) bond motifs is 1. The summed E-state index contributed by atoms with van der Waals surface area (Å²) in [6.07, 6.45) is 1.71. The van der Waals surface area contributed by atoms with Crippen LogP contribution in [-0.2, 0) is 6.54 Å². The van der Waals surface area contributed by atoms with Gasteiger partial charge in [0.1, 0.15) is 0 Å². The van der Waals surface area contributed by atoms with Crippen LogP contribution < -0.4 is 5.56 Å². The lowest BCUT2D eigenvalue weighted by Gasteiger charge is -2.34. The number of thiazole rings is 1. The number of benzene rings is 1. The van der Waals surface area contributed by atoms with Crippen LogP contribution in [0, 0.1) is 10.1 Å². The molecule has 1 fully saturated rings. The second kappa shape index (κ2) is 7.49. The largest absolute Gasteiger partial charge is 0.336 e. The van der Waals surface area contributed by atoms with E-state index in [1.807, 2.05) is 5.38 Å². The third-order valence-corrected chi connectivity index (χ3v) is 5.48. The lowest BCUT2D eigenvalue weighted by atomic mass is 10.1. The first-order valence-corrected chi connectivity index (χ1v) is 9.61. The molecule has 2 aromatic heterocycles. The molecule has 3 aromatic rings. The van der Waals surface area contributed by atoms with Crippen LogP contribution >= 0.6 is 11.3 Å². The summed E-state index contributed by atoms with van der Waals surface area (Å²) in [4.78, 5) is 44.0.